The first-order valence-electron chi connectivity index (χ1n) is 21.1. The van der Waals surface area contributed by atoms with E-state index in [1.165, 1.54) is 29.6 Å². The summed E-state index contributed by atoms with van der Waals surface area (Å²) in [6.45, 7) is 4.96. The van der Waals surface area contributed by atoms with E-state index in [9.17, 15) is 23.3 Å². The SMILES string of the molecule is CN(C)CC(=O)NCCCC[C@H](CSc1ccccc1)Nc1ccc(S(=O)(=O)Nc2ncnc3cc(N4CCN(Cc5ccccc5-c5ccc(Cl)cc5)CC4)ccc23)cc1[N+](=O)[O-]. The van der Waals surface area contributed by atoms with Crippen molar-refractivity contribution in [3.63, 3.8) is 0 Å². The van der Waals surface area contributed by atoms with Crippen molar-refractivity contribution in [1.29, 1.82) is 0 Å². The number of fused-ring (bicyclic) bond motifs is 1. The molecule has 64 heavy (non-hydrogen) atoms. The molecule has 1 aliphatic rings. The Balaban J connectivity index is 1.000. The first-order valence-corrected chi connectivity index (χ1v) is 24.0. The zero-order valence-electron chi connectivity index (χ0n) is 35.8. The van der Waals surface area contributed by atoms with Crippen molar-refractivity contribution < 1.29 is 18.1 Å². The Morgan fingerprint density at radius 1 is 0.906 bits per heavy atom. The molecule has 0 unspecified atom stereocenters. The number of carbonyl (C=O) groups is 1. The van der Waals surface area contributed by atoms with Crippen molar-refractivity contribution in [2.75, 3.05) is 74.1 Å². The maximum Gasteiger partial charge on any atom is 0.293 e. The summed E-state index contributed by atoms with van der Waals surface area (Å²) in [7, 11) is -0.638. The van der Waals surface area contributed by atoms with Gasteiger partial charge in [-0.15, -0.1) is 11.8 Å². The Hall–Kier alpha value is -5.78. The first kappa shape index (κ1) is 46.2. The highest BCUT2D eigenvalue weighted by molar-refractivity contribution is 7.99. The predicted molar refractivity (Wildman–Crippen MR) is 258 cm³/mol. The van der Waals surface area contributed by atoms with Crippen molar-refractivity contribution in [3.05, 3.63) is 142 Å². The number of unbranched alkanes of at least 4 members (excludes halogenated alkanes) is 1. The van der Waals surface area contributed by atoms with E-state index in [4.69, 9.17) is 11.6 Å². The van der Waals surface area contributed by atoms with Crippen LogP contribution in [-0.4, -0.2) is 104 Å². The Bertz CT molecular complexity index is 2650. The van der Waals surface area contributed by atoms with Gasteiger partial charge in [0, 0.05) is 78.1 Å². The smallest absolute Gasteiger partial charge is 0.293 e. The van der Waals surface area contributed by atoms with Crippen LogP contribution in [0, 0.1) is 10.1 Å². The zero-order chi connectivity index (χ0) is 45.1. The number of aromatic nitrogens is 2. The monoisotopic (exact) mass is 921 g/mol. The number of anilines is 3. The summed E-state index contributed by atoms with van der Waals surface area (Å²) in [5.74, 6) is 0.628. The molecule has 0 spiro atoms. The van der Waals surface area contributed by atoms with Crippen molar-refractivity contribution in [3.8, 4) is 11.1 Å². The first-order chi connectivity index (χ1) is 30.9. The number of nitrogens with one attached hydrogen (secondary N) is 3. The number of carbonyl (C=O) groups excluding carboxylic acids is 1. The van der Waals surface area contributed by atoms with E-state index >= 15 is 0 Å². The van der Waals surface area contributed by atoms with Gasteiger partial charge in [0.1, 0.15) is 12.0 Å². The number of sulfonamides is 1. The fourth-order valence-corrected chi connectivity index (χ4v) is 9.82. The van der Waals surface area contributed by atoms with Crippen molar-refractivity contribution >= 4 is 73.1 Å². The van der Waals surface area contributed by atoms with Crippen LogP contribution in [0.5, 0.6) is 0 Å². The molecule has 14 nitrogen and oxygen atoms in total. The number of likely N-dealkylation sites (N-methyl/N-ethyl adjacent to an activating group) is 1. The van der Waals surface area contributed by atoms with Crippen LogP contribution in [-0.2, 0) is 21.4 Å². The third-order valence-corrected chi connectivity index (χ3v) is 13.7. The van der Waals surface area contributed by atoms with Crippen LogP contribution in [0.1, 0.15) is 24.8 Å². The molecule has 17 heteroatoms. The fourth-order valence-electron chi connectivity index (χ4n) is 7.65. The van der Waals surface area contributed by atoms with Gasteiger partial charge >= 0.3 is 0 Å². The number of hydrogen-bond donors (Lipinski definition) is 3. The van der Waals surface area contributed by atoms with E-state index in [-0.39, 0.29) is 34.0 Å². The fraction of sp³-hybridized carbons (Fsp3) is 0.298. The van der Waals surface area contributed by atoms with Gasteiger partial charge in [0.05, 0.1) is 21.9 Å². The topological polar surface area (TPSA) is 166 Å². The zero-order valence-corrected chi connectivity index (χ0v) is 38.2. The van der Waals surface area contributed by atoms with Gasteiger partial charge in [-0.25, -0.2) is 18.4 Å². The highest BCUT2D eigenvalue weighted by atomic mass is 35.5. The molecule has 1 atom stereocenters. The predicted octanol–water partition coefficient (Wildman–Crippen LogP) is 8.40. The number of thioether (sulfide) groups is 1. The second kappa shape index (κ2) is 21.7. The lowest BCUT2D eigenvalue weighted by Gasteiger charge is -2.36. The molecule has 1 saturated heterocycles. The van der Waals surface area contributed by atoms with Crippen molar-refractivity contribution in [2.24, 2.45) is 0 Å². The van der Waals surface area contributed by atoms with Gasteiger partial charge in [-0.2, -0.15) is 0 Å². The molecule has 0 aliphatic carbocycles. The number of nitro benzene ring substituents is 1. The van der Waals surface area contributed by atoms with Crippen LogP contribution in [0.25, 0.3) is 22.0 Å². The van der Waals surface area contributed by atoms with Gasteiger partial charge in [0.25, 0.3) is 15.7 Å². The van der Waals surface area contributed by atoms with Crippen LogP contribution in [0.3, 0.4) is 0 Å². The number of benzene rings is 5. The summed E-state index contributed by atoms with van der Waals surface area (Å²) in [6, 6.07) is 35.6. The normalized spacial score (nSPS) is 13.8. The Labute approximate surface area is 383 Å². The van der Waals surface area contributed by atoms with Gasteiger partial charge < -0.3 is 20.4 Å². The largest absolute Gasteiger partial charge is 0.376 e. The summed E-state index contributed by atoms with van der Waals surface area (Å²) < 4.78 is 30.3. The highest BCUT2D eigenvalue weighted by Gasteiger charge is 2.25. The minimum absolute atomic E-state index is 0.0489. The lowest BCUT2D eigenvalue weighted by Crippen LogP contribution is -2.46. The van der Waals surface area contributed by atoms with Gasteiger partial charge in [0.2, 0.25) is 5.91 Å². The van der Waals surface area contributed by atoms with Crippen molar-refractivity contribution in [2.45, 2.75) is 41.6 Å². The second-order valence-corrected chi connectivity index (χ2v) is 19.2. The minimum atomic E-state index is -4.31. The summed E-state index contributed by atoms with van der Waals surface area (Å²) in [5.41, 5.74) is 4.95. The number of amides is 1. The molecule has 0 saturated carbocycles. The molecule has 1 fully saturated rings. The quantitative estimate of drug-likeness (QED) is 0.0290. The summed E-state index contributed by atoms with van der Waals surface area (Å²) in [5, 5.41) is 19.9. The van der Waals surface area contributed by atoms with Crippen molar-refractivity contribution in [1.82, 2.24) is 25.1 Å². The molecule has 7 rings (SSSR count). The number of hydrogen-bond acceptors (Lipinski definition) is 12. The molecule has 1 aromatic heterocycles. The van der Waals surface area contributed by atoms with Crippen LogP contribution in [0.2, 0.25) is 5.02 Å². The average molecular weight is 923 g/mol. The third kappa shape index (κ3) is 12.5. The minimum Gasteiger partial charge on any atom is -0.376 e. The molecule has 334 valence electrons. The van der Waals surface area contributed by atoms with Gasteiger partial charge in [-0.05, 0) is 105 Å². The molecule has 5 aromatic carbocycles. The van der Waals surface area contributed by atoms with Crippen LogP contribution >= 0.6 is 23.4 Å². The van der Waals surface area contributed by atoms with Crippen LogP contribution in [0.15, 0.2) is 131 Å². The number of piperazine rings is 1. The maximum absolute atomic E-state index is 13.8. The molecular formula is C47H52ClN9O5S2. The van der Waals surface area contributed by atoms with E-state index in [0.717, 1.165) is 67.8 Å². The number of halogens is 1. The third-order valence-electron chi connectivity index (χ3n) is 10.9. The maximum atomic E-state index is 13.8. The standard InChI is InChI=1S/C47H52ClN9O5S2/c1-54(2)31-46(58)49-23-9-8-11-37(32-63-39-12-4-3-5-13-39)52-43-22-20-40(29-45(43)57(59)60)64(61,62)53-47-42-21-19-38(28-44(42)50-33-51-47)56-26-24-55(25-27-56)30-35-10-6-7-14-41(35)34-15-17-36(48)18-16-34/h3-7,10,12-22,28-29,33,37,52H,8-9,11,23-27,30-32H2,1-2H3,(H,49,58)(H,50,51,53)/t37-/m1/s1. The van der Waals surface area contributed by atoms with Crippen LogP contribution in [0.4, 0.5) is 22.9 Å². The lowest BCUT2D eigenvalue weighted by molar-refractivity contribution is -0.384. The average Bonchev–Trinajstić information content (AvgIpc) is 3.28. The summed E-state index contributed by atoms with van der Waals surface area (Å²) >= 11 is 7.77. The lowest BCUT2D eigenvalue weighted by atomic mass is 9.99. The number of nitro groups is 1. The Morgan fingerprint density at radius 3 is 2.41 bits per heavy atom. The van der Waals surface area contributed by atoms with E-state index in [1.54, 1.807) is 22.7 Å². The highest BCUT2D eigenvalue weighted by Crippen LogP contribution is 2.33. The van der Waals surface area contributed by atoms with E-state index in [0.29, 0.717) is 41.2 Å². The molecule has 0 bridgehead atoms. The van der Waals surface area contributed by atoms with Gasteiger partial charge in [-0.1, -0.05) is 66.2 Å². The summed E-state index contributed by atoms with van der Waals surface area (Å²) in [4.78, 5) is 40.0. The molecule has 2 heterocycles. The Morgan fingerprint density at radius 2 is 1.66 bits per heavy atom. The van der Waals surface area contributed by atoms with E-state index in [1.807, 2.05) is 80.8 Å². The second-order valence-electron chi connectivity index (χ2n) is 15.9. The summed E-state index contributed by atoms with van der Waals surface area (Å²) in [6.07, 6.45) is 3.46. The van der Waals surface area contributed by atoms with E-state index in [2.05, 4.69) is 59.4 Å². The molecule has 1 amide bonds. The number of nitrogens with zero attached hydrogens (tertiary/aromatic N) is 6. The molecule has 0 radical (unpaired) electrons. The van der Waals surface area contributed by atoms with Gasteiger partial charge in [-0.3, -0.25) is 24.5 Å². The number of rotatable bonds is 20. The molecule has 1 aliphatic heterocycles. The molecular weight excluding hydrogens is 870 g/mol. The molecule has 3 N–H and O–H groups in total. The Kier molecular flexibility index (Phi) is 15.7. The molecule has 6 aromatic rings. The van der Waals surface area contributed by atoms with Crippen LogP contribution < -0.4 is 20.3 Å². The van der Waals surface area contributed by atoms with Gasteiger partial charge in [0.15, 0.2) is 5.82 Å². The van der Waals surface area contributed by atoms with E-state index < -0.39 is 14.9 Å².